The van der Waals surface area contributed by atoms with E-state index in [9.17, 15) is 9.59 Å². The lowest BCUT2D eigenvalue weighted by Gasteiger charge is -2.37. The van der Waals surface area contributed by atoms with E-state index in [1.165, 1.54) is 27.2 Å². The van der Waals surface area contributed by atoms with E-state index in [0.717, 1.165) is 47.8 Å². The van der Waals surface area contributed by atoms with Crippen LogP contribution in [0.25, 0.3) is 0 Å². The van der Waals surface area contributed by atoms with Crippen molar-refractivity contribution in [2.75, 3.05) is 39.4 Å². The van der Waals surface area contributed by atoms with Gasteiger partial charge < -0.3 is 9.64 Å². The standard InChI is InChI=1S/C27H32Br2N2O3/c1-18-4-6-21(14-23(18)28)27(22-7-5-19(2)24(29)15-22)20-8-12-30(13-9-20)10-3-11-31-25(32)16-34-17-26(31)33/h4-7,14-15,20,27H,3,8-13,16-17H2,1-2H3. The highest BCUT2D eigenvalue weighted by Gasteiger charge is 2.30. The van der Waals surface area contributed by atoms with Gasteiger partial charge in [0.25, 0.3) is 11.8 Å². The Balaban J connectivity index is 1.41. The van der Waals surface area contributed by atoms with E-state index < -0.39 is 0 Å². The number of piperidine rings is 1. The van der Waals surface area contributed by atoms with Gasteiger partial charge in [0.15, 0.2) is 0 Å². The molecule has 2 heterocycles. The second-order valence-corrected chi connectivity index (χ2v) is 11.2. The second kappa shape index (κ2) is 11.5. The Labute approximate surface area is 219 Å². The van der Waals surface area contributed by atoms with Crippen LogP contribution in [0.4, 0.5) is 0 Å². The fourth-order valence-electron chi connectivity index (χ4n) is 5.07. The van der Waals surface area contributed by atoms with Gasteiger partial charge in [-0.05, 0) is 93.0 Å². The Morgan fingerprint density at radius 1 is 0.882 bits per heavy atom. The zero-order valence-electron chi connectivity index (χ0n) is 19.9. The van der Waals surface area contributed by atoms with Gasteiger partial charge in [-0.3, -0.25) is 14.5 Å². The van der Waals surface area contributed by atoms with E-state index in [-0.39, 0.29) is 25.0 Å². The third kappa shape index (κ3) is 5.99. The summed E-state index contributed by atoms with van der Waals surface area (Å²) >= 11 is 7.48. The maximum absolute atomic E-state index is 11.9. The van der Waals surface area contributed by atoms with Crippen molar-refractivity contribution >= 4 is 43.7 Å². The van der Waals surface area contributed by atoms with Crippen molar-refractivity contribution in [2.45, 2.75) is 39.0 Å². The number of morpholine rings is 1. The Bertz CT molecular complexity index is 983. The van der Waals surface area contributed by atoms with Gasteiger partial charge >= 0.3 is 0 Å². The molecule has 7 heteroatoms. The maximum Gasteiger partial charge on any atom is 0.255 e. The Morgan fingerprint density at radius 2 is 1.41 bits per heavy atom. The fourth-order valence-corrected chi connectivity index (χ4v) is 5.87. The number of hydrogen-bond acceptors (Lipinski definition) is 4. The maximum atomic E-state index is 11.9. The zero-order chi connectivity index (χ0) is 24.2. The molecule has 0 N–H and O–H groups in total. The highest BCUT2D eigenvalue weighted by Crippen LogP contribution is 2.40. The predicted octanol–water partition coefficient (Wildman–Crippen LogP) is 5.45. The number of aryl methyl sites for hydroxylation is 2. The van der Waals surface area contributed by atoms with Crippen LogP contribution < -0.4 is 0 Å². The van der Waals surface area contributed by atoms with Gasteiger partial charge in [0.05, 0.1) is 0 Å². The van der Waals surface area contributed by atoms with Gasteiger partial charge in [0.2, 0.25) is 0 Å². The summed E-state index contributed by atoms with van der Waals surface area (Å²) in [5.74, 6) is 0.472. The van der Waals surface area contributed by atoms with Crippen LogP contribution in [0, 0.1) is 19.8 Å². The normalized spacial score (nSPS) is 18.2. The first-order valence-electron chi connectivity index (χ1n) is 12.0. The van der Waals surface area contributed by atoms with E-state index in [4.69, 9.17) is 4.74 Å². The van der Waals surface area contributed by atoms with Crippen molar-refractivity contribution in [2.24, 2.45) is 5.92 Å². The number of carbonyl (C=O) groups is 2. The smallest absolute Gasteiger partial charge is 0.255 e. The molecule has 0 atom stereocenters. The minimum atomic E-state index is -0.216. The van der Waals surface area contributed by atoms with Gasteiger partial charge in [0, 0.05) is 21.4 Å². The Morgan fingerprint density at radius 3 is 1.91 bits per heavy atom. The number of benzene rings is 2. The number of imide groups is 1. The van der Waals surface area contributed by atoms with Crippen molar-refractivity contribution in [3.8, 4) is 0 Å². The van der Waals surface area contributed by atoms with Gasteiger partial charge in [-0.2, -0.15) is 0 Å². The minimum absolute atomic E-state index is 0.0166. The summed E-state index contributed by atoms with van der Waals surface area (Å²) < 4.78 is 7.31. The third-order valence-electron chi connectivity index (χ3n) is 7.12. The van der Waals surface area contributed by atoms with Gasteiger partial charge in [-0.1, -0.05) is 56.1 Å². The predicted molar refractivity (Wildman–Crippen MR) is 141 cm³/mol. The molecule has 0 spiro atoms. The summed E-state index contributed by atoms with van der Waals surface area (Å²) in [6.45, 7) is 7.74. The molecule has 0 aromatic heterocycles. The second-order valence-electron chi connectivity index (χ2n) is 9.46. The molecule has 2 saturated heterocycles. The topological polar surface area (TPSA) is 49.9 Å². The number of ether oxygens (including phenoxy) is 1. The number of carbonyl (C=O) groups excluding carboxylic acids is 2. The van der Waals surface area contributed by atoms with Gasteiger partial charge in [-0.15, -0.1) is 0 Å². The van der Waals surface area contributed by atoms with Gasteiger partial charge in [0.1, 0.15) is 13.2 Å². The van der Waals surface area contributed by atoms with Crippen molar-refractivity contribution in [1.82, 2.24) is 9.80 Å². The summed E-state index contributed by atoms with van der Waals surface area (Å²) in [6, 6.07) is 13.5. The average molecular weight is 592 g/mol. The van der Waals surface area contributed by atoms with Crippen molar-refractivity contribution < 1.29 is 14.3 Å². The number of likely N-dealkylation sites (tertiary alicyclic amines) is 1. The molecular weight excluding hydrogens is 560 g/mol. The molecule has 2 aliphatic heterocycles. The van der Waals surface area contributed by atoms with Crippen molar-refractivity contribution in [3.05, 3.63) is 67.6 Å². The largest absolute Gasteiger partial charge is 0.362 e. The Hall–Kier alpha value is -1.54. The van der Waals surface area contributed by atoms with Crippen LogP contribution in [0.1, 0.15) is 47.4 Å². The van der Waals surface area contributed by atoms with E-state index in [1.54, 1.807) is 0 Å². The van der Waals surface area contributed by atoms with Gasteiger partial charge in [-0.25, -0.2) is 0 Å². The molecule has 2 aliphatic rings. The molecule has 0 radical (unpaired) electrons. The Kier molecular flexibility index (Phi) is 8.61. The molecule has 0 saturated carbocycles. The SMILES string of the molecule is Cc1ccc(C(c2ccc(C)c(Br)c2)C2CCN(CCCN3C(=O)COCC3=O)CC2)cc1Br. The molecule has 0 unspecified atom stereocenters. The van der Waals surface area contributed by atoms with E-state index in [1.807, 2.05) is 0 Å². The van der Waals surface area contributed by atoms with Crippen molar-refractivity contribution in [1.29, 1.82) is 0 Å². The first-order chi connectivity index (χ1) is 16.3. The number of rotatable bonds is 7. The summed E-state index contributed by atoms with van der Waals surface area (Å²) in [6.07, 6.45) is 3.05. The highest BCUT2D eigenvalue weighted by atomic mass is 79.9. The van der Waals surface area contributed by atoms with E-state index >= 15 is 0 Å². The minimum Gasteiger partial charge on any atom is -0.362 e. The molecule has 2 aromatic rings. The molecule has 34 heavy (non-hydrogen) atoms. The molecule has 0 bridgehead atoms. The molecule has 4 rings (SSSR count). The van der Waals surface area contributed by atoms with Crippen LogP contribution in [0.3, 0.4) is 0 Å². The molecule has 2 fully saturated rings. The summed E-state index contributed by atoms with van der Waals surface area (Å²) in [5.41, 5.74) is 5.21. The summed E-state index contributed by atoms with van der Waals surface area (Å²) in [4.78, 5) is 27.7. The van der Waals surface area contributed by atoms with Crippen LogP contribution in [0.15, 0.2) is 45.3 Å². The van der Waals surface area contributed by atoms with Crippen LogP contribution in [-0.2, 0) is 14.3 Å². The van der Waals surface area contributed by atoms with Crippen LogP contribution >= 0.6 is 31.9 Å². The van der Waals surface area contributed by atoms with Crippen LogP contribution in [0.2, 0.25) is 0 Å². The quantitative estimate of drug-likeness (QED) is 0.402. The average Bonchev–Trinajstić information content (AvgIpc) is 2.81. The molecule has 5 nitrogen and oxygen atoms in total. The lowest BCUT2D eigenvalue weighted by atomic mass is 9.76. The molecule has 2 amide bonds. The highest BCUT2D eigenvalue weighted by molar-refractivity contribution is 9.10. The third-order valence-corrected chi connectivity index (χ3v) is 8.83. The molecule has 182 valence electrons. The van der Waals surface area contributed by atoms with E-state index in [2.05, 4.69) is 87.0 Å². The fraction of sp³-hybridized carbons (Fsp3) is 0.481. The number of halogens is 2. The lowest BCUT2D eigenvalue weighted by molar-refractivity contribution is -0.158. The van der Waals surface area contributed by atoms with E-state index in [0.29, 0.717) is 18.4 Å². The first kappa shape index (κ1) is 25.5. The molecule has 2 aromatic carbocycles. The molecule has 0 aliphatic carbocycles. The number of nitrogens with zero attached hydrogens (tertiary/aromatic N) is 2. The van der Waals surface area contributed by atoms with Crippen LogP contribution in [-0.4, -0.2) is 61.0 Å². The lowest BCUT2D eigenvalue weighted by Crippen LogP contribution is -2.47. The number of amides is 2. The summed E-state index contributed by atoms with van der Waals surface area (Å²) in [5, 5.41) is 0. The first-order valence-corrected chi connectivity index (χ1v) is 13.6. The zero-order valence-corrected chi connectivity index (χ0v) is 23.0. The monoisotopic (exact) mass is 590 g/mol. The summed E-state index contributed by atoms with van der Waals surface area (Å²) in [7, 11) is 0. The van der Waals surface area contributed by atoms with Crippen LogP contribution in [0.5, 0.6) is 0 Å². The van der Waals surface area contributed by atoms with Crippen molar-refractivity contribution in [3.63, 3.8) is 0 Å². The molecular formula is C27H32Br2N2O3. The number of hydrogen-bond donors (Lipinski definition) is 0.